The molecular weight excluding hydrogens is 211 g/mol. The third kappa shape index (κ3) is 3.51. The van der Waals surface area contributed by atoms with E-state index in [9.17, 15) is 9.18 Å². The summed E-state index contributed by atoms with van der Waals surface area (Å²) in [6, 6.07) is 4.95. The Morgan fingerprint density at radius 3 is 3.00 bits per heavy atom. The van der Waals surface area contributed by atoms with Crippen molar-refractivity contribution in [1.82, 2.24) is 5.43 Å². The molecule has 1 aromatic carbocycles. The molecule has 1 aromatic rings. The number of hydrogen-bond acceptors (Lipinski definition) is 3. The third-order valence-corrected chi connectivity index (χ3v) is 2.12. The van der Waals surface area contributed by atoms with Gasteiger partial charge in [0, 0.05) is 6.42 Å². The molecule has 88 valence electrons. The highest BCUT2D eigenvalue weighted by atomic mass is 19.1. The number of nitrogens with one attached hydrogen (secondary N) is 1. The summed E-state index contributed by atoms with van der Waals surface area (Å²) >= 11 is 0. The van der Waals surface area contributed by atoms with Crippen LogP contribution in [0.15, 0.2) is 18.2 Å². The van der Waals surface area contributed by atoms with E-state index in [2.05, 4.69) is 0 Å². The minimum Gasteiger partial charge on any atom is -0.490 e. The number of carbonyl (C=O) groups excluding carboxylic acids is 1. The quantitative estimate of drug-likeness (QED) is 0.344. The van der Waals surface area contributed by atoms with Crippen molar-refractivity contribution in [1.29, 1.82) is 0 Å². The fourth-order valence-electron chi connectivity index (χ4n) is 1.22. The predicted octanol–water partition coefficient (Wildman–Crippen LogP) is 1.28. The van der Waals surface area contributed by atoms with Gasteiger partial charge in [-0.05, 0) is 25.0 Å². The van der Waals surface area contributed by atoms with Crippen molar-refractivity contribution in [3.8, 4) is 5.75 Å². The number of carbonyl (C=O) groups is 1. The minimum atomic E-state index is -0.356. The summed E-state index contributed by atoms with van der Waals surface area (Å²) in [6.07, 6.45) is 0.764. The topological polar surface area (TPSA) is 64.3 Å². The number of hydrazine groups is 1. The summed E-state index contributed by atoms with van der Waals surface area (Å²) in [7, 11) is 0. The van der Waals surface area contributed by atoms with Gasteiger partial charge < -0.3 is 4.74 Å². The summed E-state index contributed by atoms with van der Waals surface area (Å²) in [5, 5.41) is 0. The smallest absolute Gasteiger partial charge is 0.234 e. The molecular formula is C11H15FN2O2. The van der Waals surface area contributed by atoms with Crippen LogP contribution in [0.5, 0.6) is 5.75 Å². The molecule has 16 heavy (non-hydrogen) atoms. The lowest BCUT2D eigenvalue weighted by molar-refractivity contribution is -0.121. The lowest BCUT2D eigenvalue weighted by atomic mass is 10.2. The van der Waals surface area contributed by atoms with E-state index in [1.54, 1.807) is 25.1 Å². The van der Waals surface area contributed by atoms with E-state index in [4.69, 9.17) is 10.6 Å². The maximum absolute atomic E-state index is 13.4. The molecule has 0 aliphatic rings. The van der Waals surface area contributed by atoms with Crippen molar-refractivity contribution in [2.24, 2.45) is 5.84 Å². The first-order valence-corrected chi connectivity index (χ1v) is 5.02. The Kier molecular flexibility index (Phi) is 4.72. The molecule has 0 saturated heterocycles. The predicted molar refractivity (Wildman–Crippen MR) is 58.2 cm³/mol. The van der Waals surface area contributed by atoms with Gasteiger partial charge in [-0.1, -0.05) is 12.1 Å². The van der Waals surface area contributed by atoms with Crippen LogP contribution in [0, 0.1) is 12.7 Å². The first-order chi connectivity index (χ1) is 7.65. The molecule has 3 N–H and O–H groups in total. The normalized spacial score (nSPS) is 9.94. The van der Waals surface area contributed by atoms with Crippen LogP contribution in [0.25, 0.3) is 0 Å². The fraction of sp³-hybridized carbons (Fsp3) is 0.364. The van der Waals surface area contributed by atoms with Crippen LogP contribution in [-0.2, 0) is 4.79 Å². The summed E-state index contributed by atoms with van der Waals surface area (Å²) in [4.78, 5) is 10.8. The number of aryl methyl sites for hydroxylation is 1. The number of rotatable bonds is 5. The molecule has 1 amide bonds. The highest BCUT2D eigenvalue weighted by Gasteiger charge is 2.05. The Morgan fingerprint density at radius 2 is 2.31 bits per heavy atom. The maximum Gasteiger partial charge on any atom is 0.234 e. The molecule has 0 atom stereocenters. The second kappa shape index (κ2) is 6.07. The van der Waals surface area contributed by atoms with Crippen LogP contribution in [0.1, 0.15) is 18.4 Å². The van der Waals surface area contributed by atoms with Crippen molar-refractivity contribution in [2.75, 3.05) is 6.61 Å². The van der Waals surface area contributed by atoms with Crippen LogP contribution in [0.3, 0.4) is 0 Å². The lowest BCUT2D eigenvalue weighted by Crippen LogP contribution is -2.30. The average molecular weight is 226 g/mol. The monoisotopic (exact) mass is 226 g/mol. The van der Waals surface area contributed by atoms with E-state index in [0.717, 1.165) is 0 Å². The van der Waals surface area contributed by atoms with Gasteiger partial charge in [0.05, 0.1) is 6.61 Å². The molecule has 0 aliphatic heterocycles. The molecule has 0 spiro atoms. The highest BCUT2D eigenvalue weighted by molar-refractivity contribution is 5.75. The number of nitrogens with two attached hydrogens (primary N) is 1. The zero-order chi connectivity index (χ0) is 12.0. The van der Waals surface area contributed by atoms with Gasteiger partial charge in [-0.15, -0.1) is 0 Å². The molecule has 0 heterocycles. The van der Waals surface area contributed by atoms with Crippen LogP contribution >= 0.6 is 0 Å². The van der Waals surface area contributed by atoms with E-state index in [1.807, 2.05) is 5.43 Å². The van der Waals surface area contributed by atoms with Crippen molar-refractivity contribution < 1.29 is 13.9 Å². The van der Waals surface area contributed by atoms with Gasteiger partial charge in [-0.25, -0.2) is 10.2 Å². The fourth-order valence-corrected chi connectivity index (χ4v) is 1.22. The molecule has 4 nitrogen and oxygen atoms in total. The van der Waals surface area contributed by atoms with E-state index >= 15 is 0 Å². The number of hydrogen-bond donors (Lipinski definition) is 2. The van der Waals surface area contributed by atoms with Crippen LogP contribution in [0.4, 0.5) is 4.39 Å². The molecule has 1 rings (SSSR count). The lowest BCUT2D eigenvalue weighted by Gasteiger charge is -2.07. The van der Waals surface area contributed by atoms with Crippen LogP contribution in [0.2, 0.25) is 0 Å². The Balaban J connectivity index is 2.38. The summed E-state index contributed by atoms with van der Waals surface area (Å²) in [6.45, 7) is 1.96. The van der Waals surface area contributed by atoms with Crippen molar-refractivity contribution >= 4 is 5.91 Å². The van der Waals surface area contributed by atoms with E-state index in [0.29, 0.717) is 12.0 Å². The van der Waals surface area contributed by atoms with Crippen LogP contribution < -0.4 is 16.0 Å². The van der Waals surface area contributed by atoms with Gasteiger partial charge in [0.25, 0.3) is 0 Å². The maximum atomic E-state index is 13.4. The highest BCUT2D eigenvalue weighted by Crippen LogP contribution is 2.19. The largest absolute Gasteiger partial charge is 0.490 e. The minimum absolute atomic E-state index is 0.216. The van der Waals surface area contributed by atoms with Gasteiger partial charge in [0.2, 0.25) is 5.91 Å². The van der Waals surface area contributed by atoms with Gasteiger partial charge in [-0.2, -0.15) is 0 Å². The zero-order valence-corrected chi connectivity index (χ0v) is 9.13. The number of ether oxygens (including phenoxy) is 1. The standard InChI is InChI=1S/C11H15FN2O2/c1-8-4-2-5-9(11(8)12)16-7-3-6-10(15)14-13/h2,4-5H,3,6-7,13H2,1H3,(H,14,15). The summed E-state index contributed by atoms with van der Waals surface area (Å²) < 4.78 is 18.6. The number of halogens is 1. The Hall–Kier alpha value is -1.62. The summed E-state index contributed by atoms with van der Waals surface area (Å²) in [5.41, 5.74) is 2.55. The Labute approximate surface area is 93.6 Å². The van der Waals surface area contributed by atoms with Crippen molar-refractivity contribution in [3.05, 3.63) is 29.6 Å². The van der Waals surface area contributed by atoms with Gasteiger partial charge in [-0.3, -0.25) is 10.2 Å². The van der Waals surface area contributed by atoms with Crippen molar-refractivity contribution in [2.45, 2.75) is 19.8 Å². The Morgan fingerprint density at radius 1 is 1.56 bits per heavy atom. The van der Waals surface area contributed by atoms with Gasteiger partial charge >= 0.3 is 0 Å². The van der Waals surface area contributed by atoms with Gasteiger partial charge in [0.15, 0.2) is 11.6 Å². The molecule has 5 heteroatoms. The summed E-state index contributed by atoms with van der Waals surface area (Å²) in [5.74, 6) is 4.51. The first kappa shape index (κ1) is 12.4. The average Bonchev–Trinajstić information content (AvgIpc) is 2.29. The number of amides is 1. The second-order valence-corrected chi connectivity index (χ2v) is 3.41. The number of benzene rings is 1. The first-order valence-electron chi connectivity index (χ1n) is 5.02. The van der Waals surface area contributed by atoms with Gasteiger partial charge in [0.1, 0.15) is 0 Å². The zero-order valence-electron chi connectivity index (χ0n) is 9.13. The van der Waals surface area contributed by atoms with Crippen molar-refractivity contribution in [3.63, 3.8) is 0 Å². The van der Waals surface area contributed by atoms with E-state index in [1.165, 1.54) is 0 Å². The second-order valence-electron chi connectivity index (χ2n) is 3.41. The molecule has 0 fully saturated rings. The third-order valence-electron chi connectivity index (χ3n) is 2.12. The molecule has 0 saturated carbocycles. The van der Waals surface area contributed by atoms with E-state index < -0.39 is 0 Å². The van der Waals surface area contributed by atoms with Crippen LogP contribution in [-0.4, -0.2) is 12.5 Å². The molecule has 0 radical (unpaired) electrons. The SMILES string of the molecule is Cc1cccc(OCCCC(=O)NN)c1F. The molecule has 0 aromatic heterocycles. The Bertz CT molecular complexity index is 369. The molecule has 0 bridgehead atoms. The molecule has 0 unspecified atom stereocenters. The van der Waals surface area contributed by atoms with E-state index in [-0.39, 0.29) is 30.5 Å². The molecule has 0 aliphatic carbocycles.